The third-order valence-electron chi connectivity index (χ3n) is 5.42. The Bertz CT molecular complexity index is 846. The van der Waals surface area contributed by atoms with Crippen LogP contribution in [0.15, 0.2) is 42.5 Å². The Morgan fingerprint density at radius 1 is 1.11 bits per heavy atom. The van der Waals surface area contributed by atoms with Gasteiger partial charge in [-0.2, -0.15) is 5.26 Å². The van der Waals surface area contributed by atoms with E-state index in [1.165, 1.54) is 5.56 Å². The fourth-order valence-corrected chi connectivity index (χ4v) is 3.73. The van der Waals surface area contributed by atoms with Gasteiger partial charge in [-0.25, -0.2) is 0 Å². The Balaban J connectivity index is 1.84. The zero-order chi connectivity index (χ0) is 20.3. The highest BCUT2D eigenvalue weighted by atomic mass is 16.5. The van der Waals surface area contributed by atoms with E-state index in [1.807, 2.05) is 18.2 Å². The van der Waals surface area contributed by atoms with E-state index in [2.05, 4.69) is 51.1 Å². The number of aliphatic hydroxyl groups excluding tert-OH is 2. The Labute approximate surface area is 167 Å². The van der Waals surface area contributed by atoms with Gasteiger partial charge in [0.15, 0.2) is 0 Å². The second-order valence-electron chi connectivity index (χ2n) is 8.71. The molecule has 0 aromatic heterocycles. The molecule has 0 bridgehead atoms. The molecule has 148 valence electrons. The Morgan fingerprint density at radius 3 is 2.43 bits per heavy atom. The van der Waals surface area contributed by atoms with Gasteiger partial charge in [0.05, 0.1) is 36.6 Å². The Hall–Kier alpha value is -2.19. The van der Waals surface area contributed by atoms with Gasteiger partial charge in [-0.15, -0.1) is 0 Å². The van der Waals surface area contributed by atoms with Gasteiger partial charge in [-0.05, 0) is 40.2 Å². The molecule has 28 heavy (non-hydrogen) atoms. The third-order valence-corrected chi connectivity index (χ3v) is 5.42. The maximum Gasteiger partial charge on any atom is 0.0994 e. The van der Waals surface area contributed by atoms with Gasteiger partial charge >= 0.3 is 0 Å². The Kier molecular flexibility index (Phi) is 6.20. The van der Waals surface area contributed by atoms with Gasteiger partial charge in [0.2, 0.25) is 0 Å². The number of hydrogen-bond acceptors (Lipinski definition) is 4. The maximum absolute atomic E-state index is 10.1. The molecule has 1 aliphatic rings. The number of aliphatic hydroxyl groups is 2. The standard InChI is InChI=1S/C24H29NO3/c1-24(2,3)20-8-4-16(5-9-20)10-19-11-17(6-7-18(19)14-25)23-13-21(27)12-22(15-26)28-23/h4-9,11,21-23,26-27H,10,12-13,15H2,1-3H3. The summed E-state index contributed by atoms with van der Waals surface area (Å²) in [4.78, 5) is 0. The van der Waals surface area contributed by atoms with E-state index in [0.717, 1.165) is 16.7 Å². The molecule has 1 saturated heterocycles. The molecule has 0 amide bonds. The van der Waals surface area contributed by atoms with Crippen molar-refractivity contribution in [2.75, 3.05) is 6.61 Å². The van der Waals surface area contributed by atoms with Gasteiger partial charge in [0.25, 0.3) is 0 Å². The maximum atomic E-state index is 10.1. The highest BCUT2D eigenvalue weighted by Crippen LogP contribution is 2.33. The molecular weight excluding hydrogens is 350 g/mol. The lowest BCUT2D eigenvalue weighted by atomic mass is 9.86. The summed E-state index contributed by atoms with van der Waals surface area (Å²) in [7, 11) is 0. The van der Waals surface area contributed by atoms with Crippen molar-refractivity contribution in [1.82, 2.24) is 0 Å². The molecule has 3 atom stereocenters. The summed E-state index contributed by atoms with van der Waals surface area (Å²) in [5.41, 5.74) is 5.09. The molecule has 2 aromatic carbocycles. The number of nitrogens with zero attached hydrogens (tertiary/aromatic N) is 1. The van der Waals surface area contributed by atoms with Crippen molar-refractivity contribution >= 4 is 0 Å². The van der Waals surface area contributed by atoms with Crippen LogP contribution in [0.1, 0.15) is 67.5 Å². The van der Waals surface area contributed by atoms with Crippen LogP contribution in [0.25, 0.3) is 0 Å². The second kappa shape index (κ2) is 8.45. The largest absolute Gasteiger partial charge is 0.394 e. The van der Waals surface area contributed by atoms with Crippen LogP contribution in [0.3, 0.4) is 0 Å². The molecule has 3 unspecified atom stereocenters. The average molecular weight is 380 g/mol. The molecule has 2 N–H and O–H groups in total. The highest BCUT2D eigenvalue weighted by molar-refractivity contribution is 5.44. The summed E-state index contributed by atoms with van der Waals surface area (Å²) in [6.07, 6.45) is 0.520. The van der Waals surface area contributed by atoms with Crippen molar-refractivity contribution in [2.24, 2.45) is 0 Å². The number of hydrogen-bond donors (Lipinski definition) is 2. The van der Waals surface area contributed by atoms with Crippen molar-refractivity contribution in [3.05, 3.63) is 70.3 Å². The first-order valence-corrected chi connectivity index (χ1v) is 9.87. The summed E-state index contributed by atoms with van der Waals surface area (Å²) in [5, 5.41) is 29.0. The summed E-state index contributed by atoms with van der Waals surface area (Å²) in [6.45, 7) is 6.48. The van der Waals surface area contributed by atoms with E-state index >= 15 is 0 Å². The minimum absolute atomic E-state index is 0.100. The van der Waals surface area contributed by atoms with Crippen LogP contribution in [0.5, 0.6) is 0 Å². The summed E-state index contributed by atoms with van der Waals surface area (Å²) < 4.78 is 5.93. The molecule has 3 rings (SSSR count). The van der Waals surface area contributed by atoms with Crippen molar-refractivity contribution in [1.29, 1.82) is 5.26 Å². The minimum atomic E-state index is -0.486. The molecule has 4 heteroatoms. The van der Waals surface area contributed by atoms with Crippen LogP contribution in [-0.2, 0) is 16.6 Å². The molecule has 0 aliphatic carbocycles. The topological polar surface area (TPSA) is 73.5 Å². The molecule has 1 heterocycles. The van der Waals surface area contributed by atoms with E-state index in [1.54, 1.807) is 0 Å². The van der Waals surface area contributed by atoms with Crippen molar-refractivity contribution in [2.45, 2.75) is 63.8 Å². The Morgan fingerprint density at radius 2 is 1.82 bits per heavy atom. The molecule has 0 radical (unpaired) electrons. The molecule has 2 aromatic rings. The van der Waals surface area contributed by atoms with Gasteiger partial charge in [0, 0.05) is 12.8 Å². The zero-order valence-electron chi connectivity index (χ0n) is 16.9. The van der Waals surface area contributed by atoms with Crippen molar-refractivity contribution < 1.29 is 14.9 Å². The van der Waals surface area contributed by atoms with E-state index in [9.17, 15) is 15.5 Å². The first-order valence-electron chi connectivity index (χ1n) is 9.87. The lowest BCUT2D eigenvalue weighted by Gasteiger charge is -2.32. The average Bonchev–Trinajstić information content (AvgIpc) is 2.67. The minimum Gasteiger partial charge on any atom is -0.394 e. The lowest BCUT2D eigenvalue weighted by Crippen LogP contribution is -2.33. The van der Waals surface area contributed by atoms with E-state index in [4.69, 9.17) is 4.74 Å². The van der Waals surface area contributed by atoms with E-state index < -0.39 is 6.10 Å². The quantitative estimate of drug-likeness (QED) is 0.841. The lowest BCUT2D eigenvalue weighted by molar-refractivity contribution is -0.113. The van der Waals surface area contributed by atoms with Crippen molar-refractivity contribution in [3.63, 3.8) is 0 Å². The smallest absolute Gasteiger partial charge is 0.0994 e. The van der Waals surface area contributed by atoms with E-state index in [-0.39, 0.29) is 24.2 Å². The number of ether oxygens (including phenoxy) is 1. The normalized spacial score (nSPS) is 22.6. The van der Waals surface area contributed by atoms with Crippen LogP contribution in [-0.4, -0.2) is 29.0 Å². The summed E-state index contributed by atoms with van der Waals surface area (Å²) in [5.74, 6) is 0. The fourth-order valence-electron chi connectivity index (χ4n) is 3.73. The number of rotatable bonds is 4. The predicted molar refractivity (Wildman–Crippen MR) is 109 cm³/mol. The summed E-state index contributed by atoms with van der Waals surface area (Å²) in [6, 6.07) is 16.5. The zero-order valence-corrected chi connectivity index (χ0v) is 16.9. The van der Waals surface area contributed by atoms with Crippen molar-refractivity contribution in [3.8, 4) is 6.07 Å². The van der Waals surface area contributed by atoms with Gasteiger partial charge in [0.1, 0.15) is 0 Å². The number of nitriles is 1. The highest BCUT2D eigenvalue weighted by Gasteiger charge is 2.29. The molecule has 4 nitrogen and oxygen atoms in total. The molecule has 0 saturated carbocycles. The first-order chi connectivity index (χ1) is 13.3. The second-order valence-corrected chi connectivity index (χ2v) is 8.71. The molecule has 1 aliphatic heterocycles. The number of benzene rings is 2. The van der Waals surface area contributed by atoms with Gasteiger partial charge in [-0.3, -0.25) is 0 Å². The monoisotopic (exact) mass is 379 g/mol. The molecule has 0 spiro atoms. The van der Waals surface area contributed by atoms with E-state index in [0.29, 0.717) is 24.8 Å². The van der Waals surface area contributed by atoms with Gasteiger partial charge < -0.3 is 14.9 Å². The summed E-state index contributed by atoms with van der Waals surface area (Å²) >= 11 is 0. The molecular formula is C24H29NO3. The SMILES string of the molecule is CC(C)(C)c1ccc(Cc2cc(C3CC(O)CC(CO)O3)ccc2C#N)cc1. The fraction of sp³-hybridized carbons (Fsp3) is 0.458. The predicted octanol–water partition coefficient (Wildman–Crippen LogP) is 4.02. The third kappa shape index (κ3) is 4.80. The van der Waals surface area contributed by atoms with Gasteiger partial charge in [-0.1, -0.05) is 57.2 Å². The molecule has 1 fully saturated rings. The van der Waals surface area contributed by atoms with Crippen LogP contribution >= 0.6 is 0 Å². The first kappa shape index (κ1) is 20.5. The van der Waals surface area contributed by atoms with Crippen LogP contribution in [0.2, 0.25) is 0 Å². The van der Waals surface area contributed by atoms with Crippen LogP contribution in [0.4, 0.5) is 0 Å². The van der Waals surface area contributed by atoms with Crippen LogP contribution < -0.4 is 0 Å². The van der Waals surface area contributed by atoms with Crippen LogP contribution in [0, 0.1) is 11.3 Å².